The molecule has 0 radical (unpaired) electrons. The predicted octanol–water partition coefficient (Wildman–Crippen LogP) is 3.56. The van der Waals surface area contributed by atoms with Crippen molar-refractivity contribution >= 4 is 11.8 Å². The zero-order valence-corrected chi connectivity index (χ0v) is 14.7. The maximum absolute atomic E-state index is 12.5. The molecule has 5 heteroatoms. The van der Waals surface area contributed by atoms with Crippen LogP contribution in [0.25, 0.3) is 0 Å². The maximum Gasteiger partial charge on any atom is 0.257 e. The zero-order valence-electron chi connectivity index (χ0n) is 14.7. The second-order valence-electron chi connectivity index (χ2n) is 5.79. The van der Waals surface area contributed by atoms with Crippen molar-refractivity contribution in [2.45, 2.75) is 52.9 Å². The Morgan fingerprint density at radius 2 is 1.65 bits per heavy atom. The van der Waals surface area contributed by atoms with Crippen molar-refractivity contribution in [3.05, 3.63) is 24.2 Å². The van der Waals surface area contributed by atoms with Crippen molar-refractivity contribution in [3.63, 3.8) is 0 Å². The Balaban J connectivity index is 2.62. The SMILES string of the molecule is CCCCN(CCC(=O)N(CCC)CCC)C(=O)c1ccoc1. The monoisotopic (exact) mass is 322 g/mol. The minimum absolute atomic E-state index is 0.0578. The van der Waals surface area contributed by atoms with E-state index in [4.69, 9.17) is 4.42 Å². The lowest BCUT2D eigenvalue weighted by atomic mass is 10.2. The summed E-state index contributed by atoms with van der Waals surface area (Å²) in [5.74, 6) is 0.0766. The van der Waals surface area contributed by atoms with E-state index in [2.05, 4.69) is 20.8 Å². The van der Waals surface area contributed by atoms with E-state index in [9.17, 15) is 9.59 Å². The molecule has 0 saturated carbocycles. The van der Waals surface area contributed by atoms with Crippen LogP contribution in [0.15, 0.2) is 23.0 Å². The second-order valence-corrected chi connectivity index (χ2v) is 5.79. The summed E-state index contributed by atoms with van der Waals surface area (Å²) in [6.45, 7) is 8.96. The molecule has 1 rings (SSSR count). The minimum Gasteiger partial charge on any atom is -0.472 e. The van der Waals surface area contributed by atoms with Crippen LogP contribution in [0, 0.1) is 0 Å². The smallest absolute Gasteiger partial charge is 0.257 e. The fourth-order valence-corrected chi connectivity index (χ4v) is 2.52. The number of unbranched alkanes of at least 4 members (excludes halogenated alkanes) is 1. The van der Waals surface area contributed by atoms with E-state index in [-0.39, 0.29) is 11.8 Å². The zero-order chi connectivity index (χ0) is 17.1. The Morgan fingerprint density at radius 3 is 2.17 bits per heavy atom. The first kappa shape index (κ1) is 19.3. The summed E-state index contributed by atoms with van der Waals surface area (Å²) in [7, 11) is 0. The molecule has 2 amide bonds. The van der Waals surface area contributed by atoms with Gasteiger partial charge in [0.1, 0.15) is 6.26 Å². The summed E-state index contributed by atoms with van der Waals surface area (Å²) < 4.78 is 5.00. The van der Waals surface area contributed by atoms with Crippen LogP contribution in [0.4, 0.5) is 0 Å². The van der Waals surface area contributed by atoms with Gasteiger partial charge in [-0.15, -0.1) is 0 Å². The van der Waals surface area contributed by atoms with Gasteiger partial charge in [0.25, 0.3) is 5.91 Å². The van der Waals surface area contributed by atoms with Crippen LogP contribution < -0.4 is 0 Å². The Kier molecular flexibility index (Phi) is 9.10. The van der Waals surface area contributed by atoms with E-state index in [0.717, 1.165) is 38.8 Å². The van der Waals surface area contributed by atoms with Crippen LogP contribution >= 0.6 is 0 Å². The van der Waals surface area contributed by atoms with Gasteiger partial charge < -0.3 is 14.2 Å². The van der Waals surface area contributed by atoms with Crippen LogP contribution in [0.2, 0.25) is 0 Å². The highest BCUT2D eigenvalue weighted by Crippen LogP contribution is 2.09. The van der Waals surface area contributed by atoms with E-state index in [1.807, 2.05) is 4.90 Å². The molecule has 0 spiro atoms. The van der Waals surface area contributed by atoms with Gasteiger partial charge in [-0.3, -0.25) is 9.59 Å². The number of furan rings is 1. The highest BCUT2D eigenvalue weighted by atomic mass is 16.3. The summed E-state index contributed by atoms with van der Waals surface area (Å²) in [4.78, 5) is 28.5. The Bertz CT molecular complexity index is 451. The normalized spacial score (nSPS) is 10.6. The lowest BCUT2D eigenvalue weighted by Crippen LogP contribution is -2.38. The molecule has 1 heterocycles. The summed E-state index contributed by atoms with van der Waals surface area (Å²) in [6.07, 6.45) is 7.21. The van der Waals surface area contributed by atoms with Crippen LogP contribution in [0.3, 0.4) is 0 Å². The van der Waals surface area contributed by atoms with Gasteiger partial charge in [0.15, 0.2) is 0 Å². The predicted molar refractivity (Wildman–Crippen MR) is 91.3 cm³/mol. The summed E-state index contributed by atoms with van der Waals surface area (Å²) in [5.41, 5.74) is 0.549. The molecule has 0 aliphatic rings. The molecule has 1 aromatic heterocycles. The van der Waals surface area contributed by atoms with E-state index in [1.165, 1.54) is 12.5 Å². The molecule has 130 valence electrons. The van der Waals surface area contributed by atoms with E-state index >= 15 is 0 Å². The fraction of sp³-hybridized carbons (Fsp3) is 0.667. The number of carbonyl (C=O) groups is 2. The number of hydrogen-bond acceptors (Lipinski definition) is 3. The topological polar surface area (TPSA) is 53.8 Å². The molecule has 0 fully saturated rings. The largest absolute Gasteiger partial charge is 0.472 e. The lowest BCUT2D eigenvalue weighted by Gasteiger charge is -2.25. The third kappa shape index (κ3) is 6.47. The third-order valence-corrected chi connectivity index (χ3v) is 3.77. The van der Waals surface area contributed by atoms with Gasteiger partial charge in [-0.05, 0) is 25.3 Å². The molecule has 0 aliphatic heterocycles. The molecule has 0 saturated heterocycles. The molecule has 0 unspecified atom stereocenters. The Morgan fingerprint density at radius 1 is 0.957 bits per heavy atom. The fourth-order valence-electron chi connectivity index (χ4n) is 2.52. The first-order chi connectivity index (χ1) is 11.1. The minimum atomic E-state index is -0.0578. The van der Waals surface area contributed by atoms with Crippen LogP contribution in [0.1, 0.15) is 63.2 Å². The molecule has 0 atom stereocenters. The van der Waals surface area contributed by atoms with Crippen molar-refractivity contribution in [1.29, 1.82) is 0 Å². The number of rotatable bonds is 11. The summed E-state index contributed by atoms with van der Waals surface area (Å²) in [5, 5.41) is 0. The van der Waals surface area contributed by atoms with Crippen molar-refractivity contribution < 1.29 is 14.0 Å². The maximum atomic E-state index is 12.5. The first-order valence-electron chi connectivity index (χ1n) is 8.73. The molecule has 0 N–H and O–H groups in total. The molecule has 1 aromatic rings. The molecule has 0 aromatic carbocycles. The van der Waals surface area contributed by atoms with Crippen molar-refractivity contribution in [2.24, 2.45) is 0 Å². The molecule has 5 nitrogen and oxygen atoms in total. The summed E-state index contributed by atoms with van der Waals surface area (Å²) in [6, 6.07) is 1.67. The van der Waals surface area contributed by atoms with Gasteiger partial charge in [-0.25, -0.2) is 0 Å². The average Bonchev–Trinajstić information content (AvgIpc) is 3.08. The van der Waals surface area contributed by atoms with E-state index in [1.54, 1.807) is 11.0 Å². The van der Waals surface area contributed by atoms with Gasteiger partial charge in [0.2, 0.25) is 5.91 Å². The number of hydrogen-bond donors (Lipinski definition) is 0. The highest BCUT2D eigenvalue weighted by Gasteiger charge is 2.19. The molecule has 0 aliphatic carbocycles. The quantitative estimate of drug-likeness (QED) is 0.626. The van der Waals surface area contributed by atoms with Gasteiger partial charge in [0.05, 0.1) is 11.8 Å². The second kappa shape index (κ2) is 10.9. The van der Waals surface area contributed by atoms with Crippen LogP contribution in [-0.4, -0.2) is 47.8 Å². The van der Waals surface area contributed by atoms with Crippen LogP contribution in [-0.2, 0) is 4.79 Å². The molecular formula is C18H30N2O3. The third-order valence-electron chi connectivity index (χ3n) is 3.77. The van der Waals surface area contributed by atoms with Gasteiger partial charge >= 0.3 is 0 Å². The van der Waals surface area contributed by atoms with E-state index in [0.29, 0.717) is 25.1 Å². The standard InChI is InChI=1S/C18H30N2O3/c1-4-7-12-20(18(22)16-9-14-23-15-16)13-8-17(21)19(10-5-2)11-6-3/h9,14-15H,4-8,10-13H2,1-3H3. The van der Waals surface area contributed by atoms with Gasteiger partial charge in [-0.1, -0.05) is 27.2 Å². The first-order valence-corrected chi connectivity index (χ1v) is 8.73. The number of amides is 2. The Labute approximate surface area is 139 Å². The molecule has 0 bridgehead atoms. The van der Waals surface area contributed by atoms with Gasteiger partial charge in [-0.2, -0.15) is 0 Å². The van der Waals surface area contributed by atoms with Gasteiger partial charge in [0, 0.05) is 32.6 Å². The van der Waals surface area contributed by atoms with Crippen molar-refractivity contribution in [2.75, 3.05) is 26.2 Å². The molecule has 23 heavy (non-hydrogen) atoms. The van der Waals surface area contributed by atoms with Crippen LogP contribution in [0.5, 0.6) is 0 Å². The number of nitrogens with zero attached hydrogens (tertiary/aromatic N) is 2. The molecular weight excluding hydrogens is 292 g/mol. The van der Waals surface area contributed by atoms with Crippen molar-refractivity contribution in [1.82, 2.24) is 9.80 Å². The summed E-state index contributed by atoms with van der Waals surface area (Å²) >= 11 is 0. The van der Waals surface area contributed by atoms with E-state index < -0.39 is 0 Å². The Hall–Kier alpha value is -1.78. The van der Waals surface area contributed by atoms with Crippen molar-refractivity contribution in [3.8, 4) is 0 Å². The number of carbonyl (C=O) groups excluding carboxylic acids is 2. The average molecular weight is 322 g/mol. The highest BCUT2D eigenvalue weighted by molar-refractivity contribution is 5.94. The lowest BCUT2D eigenvalue weighted by molar-refractivity contribution is -0.131.